The Balaban J connectivity index is 1.70. The summed E-state index contributed by atoms with van der Waals surface area (Å²) in [6.07, 6.45) is 1.65. The predicted octanol–water partition coefficient (Wildman–Crippen LogP) is 1.94. The third kappa shape index (κ3) is 2.21. The van der Waals surface area contributed by atoms with Gasteiger partial charge in [-0.1, -0.05) is 12.1 Å². The van der Waals surface area contributed by atoms with Crippen molar-refractivity contribution >= 4 is 5.97 Å². The topological polar surface area (TPSA) is 58.6 Å². The van der Waals surface area contributed by atoms with E-state index in [1.54, 1.807) is 12.1 Å². The van der Waals surface area contributed by atoms with Gasteiger partial charge in [-0.05, 0) is 37.5 Å². The maximum atomic E-state index is 12.9. The van der Waals surface area contributed by atoms with Gasteiger partial charge < -0.3 is 15.2 Å². The van der Waals surface area contributed by atoms with Gasteiger partial charge in [0.2, 0.25) is 0 Å². The summed E-state index contributed by atoms with van der Waals surface area (Å²) in [5.41, 5.74) is 0.375. The van der Waals surface area contributed by atoms with Gasteiger partial charge in [-0.2, -0.15) is 0 Å². The maximum Gasteiger partial charge on any atom is 0.311 e. The molecule has 2 aliphatic heterocycles. The predicted molar refractivity (Wildman–Crippen MR) is 70.7 cm³/mol. The molecule has 0 unspecified atom stereocenters. The smallest absolute Gasteiger partial charge is 0.311 e. The molecule has 2 fully saturated rings. The molecule has 2 heterocycles. The Morgan fingerprint density at radius 2 is 2.20 bits per heavy atom. The summed E-state index contributed by atoms with van der Waals surface area (Å²) < 4.78 is 18.7. The Bertz CT molecular complexity index is 518. The van der Waals surface area contributed by atoms with Gasteiger partial charge in [-0.15, -0.1) is 0 Å². The number of carbonyl (C=O) groups is 1. The van der Waals surface area contributed by atoms with Crippen molar-refractivity contribution in [1.82, 2.24) is 5.32 Å². The molecule has 0 aromatic heterocycles. The third-order valence-corrected chi connectivity index (χ3v) is 4.48. The van der Waals surface area contributed by atoms with Gasteiger partial charge in [0.1, 0.15) is 11.7 Å². The number of ether oxygens (including phenoxy) is 1. The lowest BCUT2D eigenvalue weighted by atomic mass is 9.76. The largest absolute Gasteiger partial charge is 0.481 e. The maximum absolute atomic E-state index is 12.9. The quantitative estimate of drug-likeness (QED) is 0.884. The van der Waals surface area contributed by atoms with Crippen LogP contribution in [-0.4, -0.2) is 28.8 Å². The lowest BCUT2D eigenvalue weighted by Crippen LogP contribution is -2.50. The summed E-state index contributed by atoms with van der Waals surface area (Å²) >= 11 is 0. The number of carboxylic acid groups (broad SMARTS) is 1. The molecule has 2 aliphatic rings. The van der Waals surface area contributed by atoms with Crippen LogP contribution in [0.5, 0.6) is 0 Å². The van der Waals surface area contributed by atoms with Crippen LogP contribution < -0.4 is 5.32 Å². The molecule has 4 nitrogen and oxygen atoms in total. The van der Waals surface area contributed by atoms with E-state index >= 15 is 0 Å². The van der Waals surface area contributed by atoms with Gasteiger partial charge in [0, 0.05) is 12.6 Å². The molecular weight excluding hydrogens is 261 g/mol. The molecule has 3 rings (SSSR count). The highest BCUT2D eigenvalue weighted by Crippen LogP contribution is 2.47. The molecule has 0 spiro atoms. The first kappa shape index (κ1) is 13.5. The van der Waals surface area contributed by atoms with Crippen molar-refractivity contribution in [2.24, 2.45) is 5.92 Å². The van der Waals surface area contributed by atoms with Crippen molar-refractivity contribution in [2.75, 3.05) is 0 Å². The number of hydrogen-bond donors (Lipinski definition) is 2. The van der Waals surface area contributed by atoms with E-state index in [-0.39, 0.29) is 18.0 Å². The van der Waals surface area contributed by atoms with Crippen molar-refractivity contribution in [3.8, 4) is 0 Å². The van der Waals surface area contributed by atoms with Gasteiger partial charge >= 0.3 is 5.97 Å². The van der Waals surface area contributed by atoms with Crippen molar-refractivity contribution < 1.29 is 19.0 Å². The molecule has 2 N–H and O–H groups in total. The molecule has 0 saturated carbocycles. The van der Waals surface area contributed by atoms with E-state index in [9.17, 15) is 14.3 Å². The number of halogens is 1. The second kappa shape index (κ2) is 4.82. The molecule has 0 amide bonds. The molecule has 2 saturated heterocycles. The van der Waals surface area contributed by atoms with Crippen LogP contribution >= 0.6 is 0 Å². The first-order chi connectivity index (χ1) is 9.49. The number of aliphatic carboxylic acids is 1. The molecule has 1 aromatic carbocycles. The monoisotopic (exact) mass is 279 g/mol. The Morgan fingerprint density at radius 3 is 2.85 bits per heavy atom. The fourth-order valence-corrected chi connectivity index (χ4v) is 3.47. The summed E-state index contributed by atoms with van der Waals surface area (Å²) in [6, 6.07) is 6.03. The Kier molecular flexibility index (Phi) is 3.26. The van der Waals surface area contributed by atoms with Crippen LogP contribution in [0.15, 0.2) is 24.3 Å². The van der Waals surface area contributed by atoms with Crippen molar-refractivity contribution in [2.45, 2.75) is 44.1 Å². The van der Waals surface area contributed by atoms with Gasteiger partial charge in [-0.3, -0.25) is 4.79 Å². The van der Waals surface area contributed by atoms with Crippen LogP contribution in [0.3, 0.4) is 0 Å². The number of fused-ring (bicyclic) bond motifs is 2. The average molecular weight is 279 g/mol. The van der Waals surface area contributed by atoms with Crippen molar-refractivity contribution in [3.05, 3.63) is 35.6 Å². The zero-order chi connectivity index (χ0) is 14.3. The molecule has 0 aliphatic carbocycles. The van der Waals surface area contributed by atoms with Gasteiger partial charge in [0.25, 0.3) is 0 Å². The molecule has 0 radical (unpaired) electrons. The fraction of sp³-hybridized carbons (Fsp3) is 0.533. The van der Waals surface area contributed by atoms with E-state index in [0.29, 0.717) is 6.54 Å². The van der Waals surface area contributed by atoms with Crippen LogP contribution in [0.25, 0.3) is 0 Å². The second-order valence-electron chi connectivity index (χ2n) is 5.86. The second-order valence-corrected chi connectivity index (χ2v) is 5.86. The highest BCUT2D eigenvalue weighted by molar-refractivity contribution is 5.73. The van der Waals surface area contributed by atoms with E-state index in [4.69, 9.17) is 4.74 Å². The van der Waals surface area contributed by atoms with Crippen LogP contribution in [0.4, 0.5) is 4.39 Å². The third-order valence-electron chi connectivity index (χ3n) is 4.48. The van der Waals surface area contributed by atoms with E-state index in [1.165, 1.54) is 12.1 Å². The zero-order valence-electron chi connectivity index (χ0n) is 11.3. The zero-order valence-corrected chi connectivity index (χ0v) is 11.3. The molecule has 5 heteroatoms. The van der Waals surface area contributed by atoms with Gasteiger partial charge in [-0.25, -0.2) is 4.39 Å². The standard InChI is InChI=1S/C15H18FNO3/c1-15-7-6-11(20-15)13(12(15)14(18)19)17-8-9-2-4-10(16)5-3-9/h2-5,11-13,17H,6-8H2,1H3,(H,18,19)/t11-,12+,13-,15+/m0/s1. The number of benzene rings is 1. The number of carboxylic acids is 1. The molecule has 108 valence electrons. The van der Waals surface area contributed by atoms with Crippen molar-refractivity contribution in [1.29, 1.82) is 0 Å². The molecular formula is C15H18FNO3. The normalized spacial score (nSPS) is 35.4. The minimum absolute atomic E-state index is 0.0402. The summed E-state index contributed by atoms with van der Waals surface area (Å²) in [6.45, 7) is 2.40. The highest BCUT2D eigenvalue weighted by atomic mass is 19.1. The van der Waals surface area contributed by atoms with Crippen LogP contribution in [-0.2, 0) is 16.1 Å². The van der Waals surface area contributed by atoms with Crippen molar-refractivity contribution in [3.63, 3.8) is 0 Å². The molecule has 20 heavy (non-hydrogen) atoms. The number of hydrogen-bond acceptors (Lipinski definition) is 3. The molecule has 4 atom stereocenters. The SMILES string of the molecule is C[C@]12CC[C@H](O1)[C@H](NCc1ccc(F)cc1)[C@@H]2C(=O)O. The minimum atomic E-state index is -0.814. The van der Waals surface area contributed by atoms with Gasteiger partial charge in [0.05, 0.1) is 11.7 Å². The fourth-order valence-electron chi connectivity index (χ4n) is 3.47. The van der Waals surface area contributed by atoms with E-state index in [1.807, 2.05) is 6.92 Å². The lowest BCUT2D eigenvalue weighted by molar-refractivity contribution is -0.147. The Hall–Kier alpha value is -1.46. The summed E-state index contributed by atoms with van der Waals surface area (Å²) in [4.78, 5) is 11.5. The van der Waals surface area contributed by atoms with Gasteiger partial charge in [0.15, 0.2) is 0 Å². The van der Waals surface area contributed by atoms with E-state index in [0.717, 1.165) is 18.4 Å². The minimum Gasteiger partial charge on any atom is -0.481 e. The number of rotatable bonds is 4. The van der Waals surface area contributed by atoms with E-state index in [2.05, 4.69) is 5.32 Å². The Morgan fingerprint density at radius 1 is 1.50 bits per heavy atom. The Labute approximate surface area is 116 Å². The lowest BCUT2D eigenvalue weighted by Gasteiger charge is -2.31. The van der Waals surface area contributed by atoms with Crippen LogP contribution in [0.1, 0.15) is 25.3 Å². The van der Waals surface area contributed by atoms with E-state index < -0.39 is 17.5 Å². The van der Waals surface area contributed by atoms with Crippen LogP contribution in [0, 0.1) is 11.7 Å². The summed E-state index contributed by atoms with van der Waals surface area (Å²) in [7, 11) is 0. The summed E-state index contributed by atoms with van der Waals surface area (Å²) in [5, 5.41) is 12.7. The first-order valence-electron chi connectivity index (χ1n) is 6.88. The molecule has 1 aromatic rings. The molecule has 2 bridgehead atoms. The highest BCUT2D eigenvalue weighted by Gasteiger charge is 2.59. The first-order valence-corrected chi connectivity index (χ1v) is 6.88. The number of nitrogens with one attached hydrogen (secondary N) is 1. The average Bonchev–Trinajstić information content (AvgIpc) is 2.91. The van der Waals surface area contributed by atoms with Crippen LogP contribution in [0.2, 0.25) is 0 Å². The summed E-state index contributed by atoms with van der Waals surface area (Å²) in [5.74, 6) is -1.61.